The summed E-state index contributed by atoms with van der Waals surface area (Å²) in [4.78, 5) is 11.7. The van der Waals surface area contributed by atoms with Crippen LogP contribution in [0.3, 0.4) is 0 Å². The van der Waals surface area contributed by atoms with Crippen LogP contribution in [-0.4, -0.2) is 54.4 Å². The lowest BCUT2D eigenvalue weighted by Gasteiger charge is -2.42. The third-order valence-corrected chi connectivity index (χ3v) is 4.51. The summed E-state index contributed by atoms with van der Waals surface area (Å²) in [6.45, 7) is 3.92. The molecule has 5 heteroatoms. The lowest BCUT2D eigenvalue weighted by Crippen LogP contribution is -3.00. The number of hydrogen-bond acceptors (Lipinski definition) is 3. The number of Topliss-reactive ketones (excluding diaryl/α,β-unsaturated/α-hetero) is 1. The zero-order valence-corrected chi connectivity index (χ0v) is 11.5. The van der Waals surface area contributed by atoms with Gasteiger partial charge in [0.2, 0.25) is 0 Å². The second-order valence-corrected chi connectivity index (χ2v) is 6.28. The van der Waals surface area contributed by atoms with Crippen molar-refractivity contribution in [1.82, 2.24) is 0 Å². The van der Waals surface area contributed by atoms with Gasteiger partial charge in [-0.2, -0.15) is 0 Å². The van der Waals surface area contributed by atoms with Crippen molar-refractivity contribution in [2.45, 2.75) is 56.8 Å². The minimum absolute atomic E-state index is 0. The molecule has 0 radical (unpaired) electrons. The van der Waals surface area contributed by atoms with E-state index in [0.29, 0.717) is 18.6 Å². The number of carbonyl (C=O) groups is 1. The van der Waals surface area contributed by atoms with Crippen molar-refractivity contribution in [2.75, 3.05) is 14.1 Å². The standard InChI is InChI=1S/C12H20NO3.ClH/c1-12(2)15-10-8-5-7(14)6-9(11(10)16-12)13(8,3)4;/h8-11H,5-6H2,1-4H3;1H/q+1;/p-1/t8-,9+,10-,11+;. The minimum Gasteiger partial charge on any atom is -1.00 e. The molecule has 17 heavy (non-hydrogen) atoms. The highest BCUT2D eigenvalue weighted by Gasteiger charge is 2.66. The molecule has 0 aromatic rings. The van der Waals surface area contributed by atoms with Gasteiger partial charge in [-0.1, -0.05) is 0 Å². The summed E-state index contributed by atoms with van der Waals surface area (Å²) in [6.07, 6.45) is 1.48. The fourth-order valence-electron chi connectivity index (χ4n) is 3.67. The Morgan fingerprint density at radius 1 is 1.12 bits per heavy atom. The second kappa shape index (κ2) is 3.67. The highest BCUT2D eigenvalue weighted by Crippen LogP contribution is 2.47. The number of ketones is 1. The lowest BCUT2D eigenvalue weighted by atomic mass is 9.99. The van der Waals surface area contributed by atoms with Crippen molar-refractivity contribution in [1.29, 1.82) is 0 Å². The molecule has 4 atom stereocenters. The molecule has 0 aromatic heterocycles. The van der Waals surface area contributed by atoms with Gasteiger partial charge in [0.25, 0.3) is 0 Å². The van der Waals surface area contributed by atoms with Gasteiger partial charge in [0.15, 0.2) is 5.79 Å². The van der Waals surface area contributed by atoms with Crippen LogP contribution < -0.4 is 12.4 Å². The quantitative estimate of drug-likeness (QED) is 0.460. The van der Waals surface area contributed by atoms with Gasteiger partial charge in [0.1, 0.15) is 30.1 Å². The van der Waals surface area contributed by atoms with E-state index in [0.717, 1.165) is 4.48 Å². The fraction of sp³-hybridized carbons (Fsp3) is 0.917. The van der Waals surface area contributed by atoms with Gasteiger partial charge in [0.05, 0.1) is 26.9 Å². The van der Waals surface area contributed by atoms with Crippen LogP contribution in [0.4, 0.5) is 0 Å². The lowest BCUT2D eigenvalue weighted by molar-refractivity contribution is -0.931. The summed E-state index contributed by atoms with van der Waals surface area (Å²) in [6, 6.07) is 0.552. The van der Waals surface area contributed by atoms with Crippen LogP contribution in [0.2, 0.25) is 0 Å². The summed E-state index contributed by atoms with van der Waals surface area (Å²) < 4.78 is 12.8. The van der Waals surface area contributed by atoms with Gasteiger partial charge in [-0.15, -0.1) is 0 Å². The molecule has 3 saturated heterocycles. The monoisotopic (exact) mass is 261 g/mol. The highest BCUT2D eigenvalue weighted by atomic mass is 35.5. The van der Waals surface area contributed by atoms with E-state index in [1.165, 1.54) is 0 Å². The van der Waals surface area contributed by atoms with Crippen LogP contribution in [-0.2, 0) is 14.3 Å². The largest absolute Gasteiger partial charge is 1.00 e. The number of fused-ring (bicyclic) bond motifs is 5. The molecule has 0 spiro atoms. The Hall–Kier alpha value is -0.160. The zero-order valence-electron chi connectivity index (χ0n) is 10.8. The first-order valence-corrected chi connectivity index (χ1v) is 6.02. The Bertz CT molecular complexity index is 328. The molecule has 0 aromatic carbocycles. The maximum Gasteiger partial charge on any atom is 0.164 e. The summed E-state index contributed by atoms with van der Waals surface area (Å²) in [5, 5.41) is 0. The molecule has 2 bridgehead atoms. The summed E-state index contributed by atoms with van der Waals surface area (Å²) >= 11 is 0. The van der Waals surface area contributed by atoms with Crippen molar-refractivity contribution in [3.8, 4) is 0 Å². The van der Waals surface area contributed by atoms with E-state index < -0.39 is 5.79 Å². The Kier molecular flexibility index (Phi) is 2.86. The average Bonchev–Trinajstić information content (AvgIpc) is 2.46. The molecule has 0 saturated carbocycles. The van der Waals surface area contributed by atoms with Gasteiger partial charge in [0, 0.05) is 0 Å². The van der Waals surface area contributed by atoms with E-state index in [9.17, 15) is 4.79 Å². The molecule has 3 heterocycles. The van der Waals surface area contributed by atoms with Crippen molar-refractivity contribution < 1.29 is 31.2 Å². The molecule has 98 valence electrons. The number of ether oxygens (including phenoxy) is 2. The van der Waals surface area contributed by atoms with E-state index in [2.05, 4.69) is 14.1 Å². The van der Waals surface area contributed by atoms with Crippen molar-refractivity contribution in [2.24, 2.45) is 0 Å². The smallest absolute Gasteiger partial charge is 0.164 e. The maximum absolute atomic E-state index is 11.7. The van der Waals surface area contributed by atoms with Gasteiger partial charge < -0.3 is 26.4 Å². The van der Waals surface area contributed by atoms with Crippen LogP contribution in [0.5, 0.6) is 0 Å². The summed E-state index contributed by atoms with van der Waals surface area (Å²) in [5.41, 5.74) is 0. The van der Waals surface area contributed by atoms with Gasteiger partial charge in [-0.25, -0.2) is 0 Å². The molecule has 3 fully saturated rings. The predicted molar refractivity (Wildman–Crippen MR) is 57.8 cm³/mol. The molecule has 3 rings (SSSR count). The summed E-state index contributed by atoms with van der Waals surface area (Å²) in [5.74, 6) is -0.112. The third-order valence-electron chi connectivity index (χ3n) is 4.51. The first-order valence-electron chi connectivity index (χ1n) is 6.02. The number of likely N-dealkylation sites (N-methyl/N-ethyl adjacent to an activating group) is 1. The molecule has 0 aliphatic carbocycles. The van der Waals surface area contributed by atoms with Crippen LogP contribution in [0.25, 0.3) is 0 Å². The number of piperidine rings is 1. The Labute approximate surface area is 108 Å². The van der Waals surface area contributed by atoms with E-state index in [-0.39, 0.29) is 36.7 Å². The maximum atomic E-state index is 11.7. The molecule has 4 nitrogen and oxygen atoms in total. The van der Waals surface area contributed by atoms with E-state index in [1.807, 2.05) is 13.8 Å². The van der Waals surface area contributed by atoms with Crippen LogP contribution in [0.1, 0.15) is 26.7 Å². The van der Waals surface area contributed by atoms with Gasteiger partial charge in [-0.3, -0.25) is 4.79 Å². The van der Waals surface area contributed by atoms with Crippen molar-refractivity contribution >= 4 is 5.78 Å². The van der Waals surface area contributed by atoms with E-state index in [1.54, 1.807) is 0 Å². The van der Waals surface area contributed by atoms with E-state index >= 15 is 0 Å². The number of rotatable bonds is 0. The van der Waals surface area contributed by atoms with Gasteiger partial charge in [-0.05, 0) is 13.8 Å². The Balaban J connectivity index is 0.00000108. The number of halogens is 1. The van der Waals surface area contributed by atoms with Crippen molar-refractivity contribution in [3.05, 3.63) is 0 Å². The average molecular weight is 262 g/mol. The molecule has 3 aliphatic heterocycles. The predicted octanol–water partition coefficient (Wildman–Crippen LogP) is -2.30. The molecule has 0 N–H and O–H groups in total. The zero-order chi connectivity index (χ0) is 11.7. The number of quaternary nitrogens is 1. The highest BCUT2D eigenvalue weighted by molar-refractivity contribution is 5.80. The van der Waals surface area contributed by atoms with Crippen molar-refractivity contribution in [3.63, 3.8) is 0 Å². The van der Waals surface area contributed by atoms with Gasteiger partial charge >= 0.3 is 0 Å². The van der Waals surface area contributed by atoms with Crippen LogP contribution in [0.15, 0.2) is 0 Å². The topological polar surface area (TPSA) is 35.5 Å². The molecular weight excluding hydrogens is 242 g/mol. The Morgan fingerprint density at radius 3 is 1.94 bits per heavy atom. The number of nitrogens with zero attached hydrogens (tertiary/aromatic N) is 1. The molecule has 3 aliphatic rings. The normalized spacial score (nSPS) is 45.3. The fourth-order valence-corrected chi connectivity index (χ4v) is 3.67. The SMILES string of the molecule is CC1(C)O[C@@H]2[C@H](O1)[C@H]1CC(=O)C[C@@H]2[N+]1(C)C.[Cl-]. The third kappa shape index (κ3) is 1.73. The van der Waals surface area contributed by atoms with Crippen LogP contribution >= 0.6 is 0 Å². The number of carbonyl (C=O) groups excluding carboxylic acids is 1. The first kappa shape index (κ1) is 13.3. The molecular formula is C12H20ClNO3. The molecule has 0 amide bonds. The first-order chi connectivity index (χ1) is 7.31. The number of hydrogen-bond donors (Lipinski definition) is 0. The summed E-state index contributed by atoms with van der Waals surface area (Å²) in [7, 11) is 4.39. The molecule has 0 unspecified atom stereocenters. The van der Waals surface area contributed by atoms with E-state index in [4.69, 9.17) is 9.47 Å². The van der Waals surface area contributed by atoms with Crippen LogP contribution in [0, 0.1) is 0 Å². The Morgan fingerprint density at radius 2 is 1.53 bits per heavy atom. The minimum atomic E-state index is -0.480. The second-order valence-electron chi connectivity index (χ2n) is 6.28.